The Hall–Kier alpha value is -2.26. The Labute approximate surface area is 163 Å². The lowest BCUT2D eigenvalue weighted by atomic mass is 10.3. The minimum Gasteiger partial charge on any atom is -0.492 e. The number of aromatic amines is 1. The number of halogens is 1. The molecule has 3 aromatic rings. The molecule has 9 heteroatoms. The SMILES string of the molecule is CN(CCOc1ccc(Br)cc1)C(=O)CSc1nnc(-c2ccc[nH]2)o1. The molecule has 3 rings (SSSR count). The van der Waals surface area contributed by atoms with Gasteiger partial charge in [0.25, 0.3) is 11.1 Å². The Morgan fingerprint density at radius 1 is 1.31 bits per heavy atom. The van der Waals surface area contributed by atoms with Crippen LogP contribution in [0.1, 0.15) is 0 Å². The molecule has 0 aliphatic carbocycles. The van der Waals surface area contributed by atoms with E-state index in [0.717, 1.165) is 15.9 Å². The van der Waals surface area contributed by atoms with E-state index in [0.29, 0.717) is 24.3 Å². The first-order valence-electron chi connectivity index (χ1n) is 7.84. The van der Waals surface area contributed by atoms with Crippen LogP contribution in [0, 0.1) is 0 Å². The number of likely N-dealkylation sites (N-methyl/N-ethyl adjacent to an activating group) is 1. The molecule has 0 radical (unpaired) electrons. The van der Waals surface area contributed by atoms with E-state index >= 15 is 0 Å². The van der Waals surface area contributed by atoms with Crippen molar-refractivity contribution in [2.75, 3.05) is 26.0 Å². The lowest BCUT2D eigenvalue weighted by Gasteiger charge is -2.16. The van der Waals surface area contributed by atoms with Gasteiger partial charge in [-0.2, -0.15) is 0 Å². The van der Waals surface area contributed by atoms with E-state index in [1.807, 2.05) is 36.4 Å². The number of rotatable bonds is 8. The number of nitrogens with one attached hydrogen (secondary N) is 1. The van der Waals surface area contributed by atoms with Crippen molar-refractivity contribution in [3.63, 3.8) is 0 Å². The molecule has 1 aromatic carbocycles. The van der Waals surface area contributed by atoms with Crippen LogP contribution in [-0.2, 0) is 4.79 Å². The van der Waals surface area contributed by atoms with Crippen LogP contribution < -0.4 is 4.74 Å². The summed E-state index contributed by atoms with van der Waals surface area (Å²) in [7, 11) is 1.74. The standard InChI is InChI=1S/C17H17BrN4O3S/c1-22(9-10-24-13-6-4-12(18)5-7-13)15(23)11-26-17-21-20-16(25-17)14-3-2-8-19-14/h2-8,19H,9-11H2,1H3. The highest BCUT2D eigenvalue weighted by atomic mass is 79.9. The number of benzene rings is 1. The maximum absolute atomic E-state index is 12.2. The fourth-order valence-corrected chi connectivity index (χ4v) is 3.00. The van der Waals surface area contributed by atoms with Crippen molar-refractivity contribution in [3.8, 4) is 17.3 Å². The quantitative estimate of drug-likeness (QED) is 0.544. The van der Waals surface area contributed by atoms with Gasteiger partial charge < -0.3 is 19.0 Å². The molecule has 0 bridgehead atoms. The summed E-state index contributed by atoms with van der Waals surface area (Å²) in [5.41, 5.74) is 0.748. The molecule has 26 heavy (non-hydrogen) atoms. The molecule has 0 aliphatic rings. The number of hydrogen-bond acceptors (Lipinski definition) is 6. The monoisotopic (exact) mass is 436 g/mol. The minimum atomic E-state index is -0.0333. The third-order valence-electron chi connectivity index (χ3n) is 3.49. The lowest BCUT2D eigenvalue weighted by Crippen LogP contribution is -2.32. The molecule has 136 valence electrons. The van der Waals surface area contributed by atoms with Crippen LogP contribution in [0.5, 0.6) is 5.75 Å². The largest absolute Gasteiger partial charge is 0.492 e. The molecule has 2 aromatic heterocycles. The van der Waals surface area contributed by atoms with E-state index in [2.05, 4.69) is 31.1 Å². The maximum atomic E-state index is 12.2. The number of nitrogens with zero attached hydrogens (tertiary/aromatic N) is 3. The molecule has 1 amide bonds. The van der Waals surface area contributed by atoms with Gasteiger partial charge in [-0.15, -0.1) is 10.2 Å². The zero-order valence-electron chi connectivity index (χ0n) is 14.0. The van der Waals surface area contributed by atoms with Gasteiger partial charge in [0, 0.05) is 17.7 Å². The van der Waals surface area contributed by atoms with Crippen molar-refractivity contribution in [1.29, 1.82) is 0 Å². The van der Waals surface area contributed by atoms with Crippen LogP contribution in [0.2, 0.25) is 0 Å². The van der Waals surface area contributed by atoms with Crippen LogP contribution in [0.15, 0.2) is 56.7 Å². The average Bonchev–Trinajstić information content (AvgIpc) is 3.32. The first-order valence-corrected chi connectivity index (χ1v) is 9.62. The number of thioether (sulfide) groups is 1. The summed E-state index contributed by atoms with van der Waals surface area (Å²) in [6, 6.07) is 11.3. The van der Waals surface area contributed by atoms with Gasteiger partial charge in [-0.05, 0) is 36.4 Å². The van der Waals surface area contributed by atoms with Crippen molar-refractivity contribution in [1.82, 2.24) is 20.1 Å². The van der Waals surface area contributed by atoms with Gasteiger partial charge in [0.1, 0.15) is 18.1 Å². The van der Waals surface area contributed by atoms with Gasteiger partial charge in [-0.3, -0.25) is 4.79 Å². The summed E-state index contributed by atoms with van der Waals surface area (Å²) in [5, 5.41) is 8.26. The van der Waals surface area contributed by atoms with Crippen molar-refractivity contribution in [2.24, 2.45) is 0 Å². The summed E-state index contributed by atoms with van der Waals surface area (Å²) in [6.45, 7) is 0.916. The average molecular weight is 437 g/mol. The summed E-state index contributed by atoms with van der Waals surface area (Å²) in [5.74, 6) is 1.36. The Morgan fingerprint density at radius 2 is 2.12 bits per heavy atom. The second-order valence-electron chi connectivity index (χ2n) is 5.36. The molecule has 2 heterocycles. The number of carbonyl (C=O) groups excluding carboxylic acids is 1. The fourth-order valence-electron chi connectivity index (χ4n) is 2.03. The first-order chi connectivity index (χ1) is 12.6. The van der Waals surface area contributed by atoms with Crippen LogP contribution in [0.25, 0.3) is 11.6 Å². The van der Waals surface area contributed by atoms with Crippen molar-refractivity contribution < 1.29 is 13.9 Å². The molecule has 0 fully saturated rings. The Kier molecular flexibility index (Phi) is 6.35. The summed E-state index contributed by atoms with van der Waals surface area (Å²) in [4.78, 5) is 16.8. The van der Waals surface area contributed by atoms with Gasteiger partial charge in [0.15, 0.2) is 0 Å². The summed E-state index contributed by atoms with van der Waals surface area (Å²) < 4.78 is 12.1. The van der Waals surface area contributed by atoms with Gasteiger partial charge in [0.05, 0.1) is 12.3 Å². The predicted molar refractivity (Wildman–Crippen MR) is 102 cm³/mol. The van der Waals surface area contributed by atoms with E-state index < -0.39 is 0 Å². The zero-order chi connectivity index (χ0) is 18.4. The normalized spacial score (nSPS) is 10.7. The summed E-state index contributed by atoms with van der Waals surface area (Å²) in [6.07, 6.45) is 1.78. The molecule has 0 aliphatic heterocycles. The maximum Gasteiger partial charge on any atom is 0.277 e. The number of aromatic nitrogens is 3. The third kappa shape index (κ3) is 5.12. The predicted octanol–water partition coefficient (Wildman–Crippen LogP) is 3.46. The third-order valence-corrected chi connectivity index (χ3v) is 4.82. The fraction of sp³-hybridized carbons (Fsp3) is 0.235. The smallest absolute Gasteiger partial charge is 0.277 e. The molecule has 0 unspecified atom stereocenters. The summed E-state index contributed by atoms with van der Waals surface area (Å²) >= 11 is 4.59. The van der Waals surface area contributed by atoms with Crippen molar-refractivity contribution in [3.05, 3.63) is 47.1 Å². The lowest BCUT2D eigenvalue weighted by molar-refractivity contribution is -0.127. The van der Waals surface area contributed by atoms with Crippen molar-refractivity contribution >= 4 is 33.6 Å². The Morgan fingerprint density at radius 3 is 2.85 bits per heavy atom. The van der Waals surface area contributed by atoms with Gasteiger partial charge >= 0.3 is 0 Å². The van der Waals surface area contributed by atoms with Crippen molar-refractivity contribution in [2.45, 2.75) is 5.22 Å². The van der Waals surface area contributed by atoms with Crippen LogP contribution in [0.3, 0.4) is 0 Å². The van der Waals surface area contributed by atoms with E-state index in [4.69, 9.17) is 9.15 Å². The van der Waals surface area contributed by atoms with Gasteiger partial charge in [0.2, 0.25) is 5.91 Å². The molecule has 1 N–H and O–H groups in total. The highest BCUT2D eigenvalue weighted by Gasteiger charge is 2.14. The highest BCUT2D eigenvalue weighted by Crippen LogP contribution is 2.22. The van der Waals surface area contributed by atoms with E-state index in [1.165, 1.54) is 11.8 Å². The molecular formula is C17H17BrN4O3S. The molecule has 0 saturated carbocycles. The topological polar surface area (TPSA) is 84.2 Å². The van der Waals surface area contributed by atoms with E-state index in [1.54, 1.807) is 18.1 Å². The second-order valence-corrected chi connectivity index (χ2v) is 7.21. The van der Waals surface area contributed by atoms with Gasteiger partial charge in [-0.25, -0.2) is 0 Å². The number of H-pyrrole nitrogens is 1. The zero-order valence-corrected chi connectivity index (χ0v) is 16.4. The Bertz CT molecular complexity index is 836. The van der Waals surface area contributed by atoms with Gasteiger partial charge in [-0.1, -0.05) is 27.7 Å². The molecule has 0 saturated heterocycles. The molecular weight excluding hydrogens is 420 g/mol. The van der Waals surface area contributed by atoms with Crippen LogP contribution in [-0.4, -0.2) is 51.9 Å². The van der Waals surface area contributed by atoms with Crippen LogP contribution >= 0.6 is 27.7 Å². The second kappa shape index (κ2) is 8.91. The molecule has 0 spiro atoms. The van der Waals surface area contributed by atoms with Crippen LogP contribution in [0.4, 0.5) is 0 Å². The van der Waals surface area contributed by atoms with E-state index in [-0.39, 0.29) is 11.7 Å². The molecule has 7 nitrogen and oxygen atoms in total. The Balaban J connectivity index is 1.40. The molecule has 0 atom stereocenters. The number of amides is 1. The minimum absolute atomic E-state index is 0.0333. The first kappa shape index (κ1) is 18.5. The van der Waals surface area contributed by atoms with E-state index in [9.17, 15) is 4.79 Å². The number of ether oxygens (including phenoxy) is 1. The number of carbonyl (C=O) groups is 1. The number of hydrogen-bond donors (Lipinski definition) is 1. The highest BCUT2D eigenvalue weighted by molar-refractivity contribution is 9.10.